The molecule has 2 aliphatic heterocycles. The summed E-state index contributed by atoms with van der Waals surface area (Å²) in [6.07, 6.45) is 9.41. The SMILES string of the molecule is CC(C)CC1(CN2CCC3(CC2)CC(C(F)(F)C2CCN(C)CC2)C3)CC1. The second-order valence-corrected chi connectivity index (χ2v) is 11.2. The Balaban J connectivity index is 1.24. The van der Waals surface area contributed by atoms with E-state index < -0.39 is 5.92 Å². The van der Waals surface area contributed by atoms with E-state index in [0.29, 0.717) is 18.3 Å². The Bertz CT molecular complexity index is 504. The van der Waals surface area contributed by atoms with Gasteiger partial charge in [0.2, 0.25) is 0 Å². The minimum Gasteiger partial charge on any atom is -0.306 e. The summed E-state index contributed by atoms with van der Waals surface area (Å²) in [5.74, 6) is -2.35. The molecule has 2 saturated heterocycles. The lowest BCUT2D eigenvalue weighted by Gasteiger charge is -2.55. The second kappa shape index (κ2) is 7.23. The Morgan fingerprint density at radius 2 is 1.52 bits per heavy atom. The molecule has 0 unspecified atom stereocenters. The molecule has 156 valence electrons. The Labute approximate surface area is 165 Å². The van der Waals surface area contributed by atoms with Crippen LogP contribution in [-0.2, 0) is 0 Å². The van der Waals surface area contributed by atoms with E-state index in [1.807, 2.05) is 7.05 Å². The van der Waals surface area contributed by atoms with Gasteiger partial charge in [0, 0.05) is 18.4 Å². The van der Waals surface area contributed by atoms with Crippen LogP contribution in [0.3, 0.4) is 0 Å². The van der Waals surface area contributed by atoms with E-state index >= 15 is 8.78 Å². The second-order valence-electron chi connectivity index (χ2n) is 11.2. The zero-order valence-corrected chi connectivity index (χ0v) is 17.8. The number of nitrogens with zero attached hydrogens (tertiary/aromatic N) is 2. The highest BCUT2D eigenvalue weighted by atomic mass is 19.3. The number of piperidine rings is 2. The van der Waals surface area contributed by atoms with E-state index in [-0.39, 0.29) is 17.3 Å². The van der Waals surface area contributed by atoms with Crippen LogP contribution in [0.5, 0.6) is 0 Å². The largest absolute Gasteiger partial charge is 0.306 e. The number of halogens is 2. The van der Waals surface area contributed by atoms with Crippen molar-refractivity contribution in [3.05, 3.63) is 0 Å². The standard InChI is InChI=1S/C23H40F2N2/c1-18(2)14-22(6-7-22)17-27-12-8-21(9-13-27)15-20(16-21)23(24,25)19-4-10-26(3)11-5-19/h18-20H,4-17H2,1-3H3. The van der Waals surface area contributed by atoms with Gasteiger partial charge in [0.05, 0.1) is 0 Å². The fourth-order valence-electron chi connectivity index (χ4n) is 6.52. The summed E-state index contributed by atoms with van der Waals surface area (Å²) in [5.41, 5.74) is 0.854. The van der Waals surface area contributed by atoms with Gasteiger partial charge in [-0.05, 0) is 108 Å². The molecule has 0 N–H and O–H groups in total. The smallest absolute Gasteiger partial charge is 0.253 e. The first-order chi connectivity index (χ1) is 12.7. The number of rotatable bonds is 6. The van der Waals surface area contributed by atoms with Crippen LogP contribution < -0.4 is 0 Å². The fraction of sp³-hybridized carbons (Fsp3) is 1.00. The molecule has 27 heavy (non-hydrogen) atoms. The molecule has 4 aliphatic rings. The average Bonchev–Trinajstić information content (AvgIpc) is 3.32. The van der Waals surface area contributed by atoms with Crippen molar-refractivity contribution in [1.82, 2.24) is 9.80 Å². The van der Waals surface area contributed by atoms with E-state index in [0.717, 1.165) is 57.8 Å². The van der Waals surface area contributed by atoms with Gasteiger partial charge in [-0.25, -0.2) is 8.78 Å². The van der Waals surface area contributed by atoms with Crippen molar-refractivity contribution in [3.63, 3.8) is 0 Å². The number of alkyl halides is 2. The van der Waals surface area contributed by atoms with Crippen LogP contribution in [-0.4, -0.2) is 55.5 Å². The minimum atomic E-state index is -2.43. The van der Waals surface area contributed by atoms with Crippen molar-refractivity contribution in [1.29, 1.82) is 0 Å². The summed E-state index contributed by atoms with van der Waals surface area (Å²) >= 11 is 0. The minimum absolute atomic E-state index is 0.255. The lowest BCUT2D eigenvalue weighted by atomic mass is 9.54. The molecule has 0 amide bonds. The van der Waals surface area contributed by atoms with E-state index in [1.165, 1.54) is 25.8 Å². The monoisotopic (exact) mass is 382 g/mol. The Hall–Kier alpha value is -0.220. The Morgan fingerprint density at radius 3 is 2.04 bits per heavy atom. The molecule has 4 rings (SSSR count). The van der Waals surface area contributed by atoms with Crippen molar-refractivity contribution in [2.75, 3.05) is 39.8 Å². The first-order valence-corrected chi connectivity index (χ1v) is 11.5. The van der Waals surface area contributed by atoms with E-state index in [9.17, 15) is 0 Å². The molecule has 0 aromatic rings. The lowest BCUT2D eigenvalue weighted by Crippen LogP contribution is -2.55. The molecule has 0 aromatic heterocycles. The molecular formula is C23H40F2N2. The van der Waals surface area contributed by atoms with Crippen LogP contribution >= 0.6 is 0 Å². The van der Waals surface area contributed by atoms with Crippen LogP contribution in [0.15, 0.2) is 0 Å². The fourth-order valence-corrected chi connectivity index (χ4v) is 6.52. The maximum atomic E-state index is 15.0. The van der Waals surface area contributed by atoms with Gasteiger partial charge in [-0.1, -0.05) is 13.8 Å². The molecular weight excluding hydrogens is 342 g/mol. The van der Waals surface area contributed by atoms with E-state index in [1.54, 1.807) is 0 Å². The first kappa shape index (κ1) is 20.1. The van der Waals surface area contributed by atoms with Gasteiger partial charge < -0.3 is 9.80 Å². The molecule has 2 heterocycles. The van der Waals surface area contributed by atoms with Crippen molar-refractivity contribution < 1.29 is 8.78 Å². The molecule has 0 atom stereocenters. The number of hydrogen-bond donors (Lipinski definition) is 0. The Morgan fingerprint density at radius 1 is 0.926 bits per heavy atom. The summed E-state index contributed by atoms with van der Waals surface area (Å²) < 4.78 is 30.0. The van der Waals surface area contributed by atoms with Gasteiger partial charge in [-0.15, -0.1) is 0 Å². The van der Waals surface area contributed by atoms with Crippen molar-refractivity contribution in [3.8, 4) is 0 Å². The van der Waals surface area contributed by atoms with Crippen LogP contribution in [0.2, 0.25) is 0 Å². The van der Waals surface area contributed by atoms with E-state index in [4.69, 9.17) is 0 Å². The van der Waals surface area contributed by atoms with Crippen LogP contribution in [0.25, 0.3) is 0 Å². The predicted molar refractivity (Wildman–Crippen MR) is 107 cm³/mol. The van der Waals surface area contributed by atoms with E-state index in [2.05, 4.69) is 23.6 Å². The highest BCUT2D eigenvalue weighted by Crippen LogP contribution is 2.60. The number of hydrogen-bond acceptors (Lipinski definition) is 2. The molecule has 4 fully saturated rings. The summed E-state index contributed by atoms with van der Waals surface area (Å²) in [6.45, 7) is 9.90. The number of likely N-dealkylation sites (tertiary alicyclic amines) is 2. The normalized spacial score (nSPS) is 30.0. The maximum Gasteiger partial charge on any atom is 0.253 e. The van der Waals surface area contributed by atoms with Crippen molar-refractivity contribution in [2.24, 2.45) is 28.6 Å². The lowest BCUT2D eigenvalue weighted by molar-refractivity contribution is -0.187. The highest BCUT2D eigenvalue weighted by Gasteiger charge is 2.58. The topological polar surface area (TPSA) is 6.48 Å². The average molecular weight is 383 g/mol. The molecule has 0 radical (unpaired) electrons. The Kier molecular flexibility index (Phi) is 5.38. The summed E-state index contributed by atoms with van der Waals surface area (Å²) in [7, 11) is 2.05. The van der Waals surface area contributed by atoms with Gasteiger partial charge in [0.15, 0.2) is 0 Å². The van der Waals surface area contributed by atoms with Crippen LogP contribution in [0, 0.1) is 28.6 Å². The quantitative estimate of drug-likeness (QED) is 0.616. The molecule has 0 aromatic carbocycles. The molecule has 2 saturated carbocycles. The van der Waals surface area contributed by atoms with Crippen molar-refractivity contribution in [2.45, 2.75) is 77.6 Å². The molecule has 4 heteroatoms. The summed E-state index contributed by atoms with van der Waals surface area (Å²) in [4.78, 5) is 4.85. The molecule has 0 bridgehead atoms. The zero-order chi connectivity index (χ0) is 19.3. The highest BCUT2D eigenvalue weighted by molar-refractivity contribution is 5.04. The predicted octanol–water partition coefficient (Wildman–Crippen LogP) is 5.28. The molecule has 1 spiro atoms. The zero-order valence-electron chi connectivity index (χ0n) is 17.8. The van der Waals surface area contributed by atoms with Gasteiger partial charge >= 0.3 is 0 Å². The van der Waals surface area contributed by atoms with Crippen LogP contribution in [0.1, 0.15) is 71.6 Å². The van der Waals surface area contributed by atoms with Gasteiger partial charge in [-0.2, -0.15) is 0 Å². The van der Waals surface area contributed by atoms with Gasteiger partial charge in [0.1, 0.15) is 0 Å². The third-order valence-electron chi connectivity index (χ3n) is 8.44. The van der Waals surface area contributed by atoms with Crippen LogP contribution in [0.4, 0.5) is 8.78 Å². The third kappa shape index (κ3) is 4.22. The maximum absolute atomic E-state index is 15.0. The first-order valence-electron chi connectivity index (χ1n) is 11.5. The third-order valence-corrected chi connectivity index (χ3v) is 8.44. The van der Waals surface area contributed by atoms with Gasteiger partial charge in [-0.3, -0.25) is 0 Å². The van der Waals surface area contributed by atoms with Crippen molar-refractivity contribution >= 4 is 0 Å². The summed E-state index contributed by atoms with van der Waals surface area (Å²) in [5, 5.41) is 0. The van der Waals surface area contributed by atoms with Gasteiger partial charge in [0.25, 0.3) is 5.92 Å². The summed E-state index contributed by atoms with van der Waals surface area (Å²) in [6, 6.07) is 0. The molecule has 2 nitrogen and oxygen atoms in total. The molecule has 2 aliphatic carbocycles.